The molecule has 0 aromatic heterocycles. The van der Waals surface area contributed by atoms with Gasteiger partial charge in [0.2, 0.25) is 11.8 Å². The molecule has 0 saturated heterocycles. The fraction of sp³-hybridized carbons (Fsp3) is 0.391. The summed E-state index contributed by atoms with van der Waals surface area (Å²) < 4.78 is 5.17. The first kappa shape index (κ1) is 24.1. The number of hydrogen-bond donors (Lipinski definition) is 1. The molecule has 1 N–H and O–H groups in total. The van der Waals surface area contributed by atoms with Gasteiger partial charge in [0.05, 0.1) is 12.9 Å². The van der Waals surface area contributed by atoms with E-state index in [4.69, 9.17) is 16.3 Å². The van der Waals surface area contributed by atoms with Gasteiger partial charge in [0.25, 0.3) is 0 Å². The summed E-state index contributed by atoms with van der Waals surface area (Å²) in [5.41, 5.74) is 1.92. The zero-order valence-corrected chi connectivity index (χ0v) is 19.4. The Morgan fingerprint density at radius 3 is 2.37 bits per heavy atom. The molecule has 1 atom stereocenters. The second-order valence-corrected chi connectivity index (χ2v) is 8.69. The van der Waals surface area contributed by atoms with Gasteiger partial charge in [-0.05, 0) is 50.1 Å². The molecule has 2 aromatic carbocycles. The van der Waals surface area contributed by atoms with Crippen LogP contribution in [0.3, 0.4) is 0 Å². The lowest BCUT2D eigenvalue weighted by atomic mass is 10.1. The van der Waals surface area contributed by atoms with Crippen LogP contribution in [-0.4, -0.2) is 41.7 Å². The number of thioether (sulfide) groups is 1. The first-order valence-electron chi connectivity index (χ1n) is 9.85. The van der Waals surface area contributed by atoms with Crippen molar-refractivity contribution in [2.75, 3.05) is 12.9 Å². The summed E-state index contributed by atoms with van der Waals surface area (Å²) in [6.45, 7) is 5.83. The van der Waals surface area contributed by atoms with Crippen molar-refractivity contribution in [3.63, 3.8) is 0 Å². The number of amides is 2. The molecular weight excluding hydrogens is 420 g/mol. The molecule has 0 bridgehead atoms. The molecule has 30 heavy (non-hydrogen) atoms. The van der Waals surface area contributed by atoms with Crippen molar-refractivity contribution >= 4 is 35.2 Å². The van der Waals surface area contributed by atoms with Crippen molar-refractivity contribution in [1.82, 2.24) is 10.2 Å². The fourth-order valence-corrected chi connectivity index (χ4v) is 3.92. The summed E-state index contributed by atoms with van der Waals surface area (Å²) in [6.07, 6.45) is 0. The van der Waals surface area contributed by atoms with Gasteiger partial charge in [-0.15, -0.1) is 11.8 Å². The number of hydrogen-bond acceptors (Lipinski definition) is 4. The lowest BCUT2D eigenvalue weighted by Gasteiger charge is -2.29. The number of nitrogens with one attached hydrogen (secondary N) is 1. The van der Waals surface area contributed by atoms with Crippen molar-refractivity contribution in [3.05, 3.63) is 64.7 Å². The predicted molar refractivity (Wildman–Crippen MR) is 124 cm³/mol. The normalized spacial score (nSPS) is 11.8. The van der Waals surface area contributed by atoms with Crippen molar-refractivity contribution in [3.8, 4) is 5.75 Å². The van der Waals surface area contributed by atoms with Crippen LogP contribution in [-0.2, 0) is 21.9 Å². The molecule has 2 rings (SSSR count). The molecule has 2 aromatic rings. The van der Waals surface area contributed by atoms with Crippen molar-refractivity contribution < 1.29 is 14.3 Å². The van der Waals surface area contributed by atoms with Crippen LogP contribution in [0.2, 0.25) is 5.02 Å². The van der Waals surface area contributed by atoms with Crippen molar-refractivity contribution in [1.29, 1.82) is 0 Å². The van der Waals surface area contributed by atoms with E-state index in [1.54, 1.807) is 25.0 Å². The molecule has 0 aliphatic rings. The first-order valence-corrected chi connectivity index (χ1v) is 11.4. The maximum atomic E-state index is 13.0. The van der Waals surface area contributed by atoms with Crippen LogP contribution in [0.15, 0.2) is 48.5 Å². The lowest BCUT2D eigenvalue weighted by Crippen LogP contribution is -2.49. The summed E-state index contributed by atoms with van der Waals surface area (Å²) in [5.74, 6) is 1.50. The topological polar surface area (TPSA) is 58.6 Å². The number of rotatable bonds is 10. The number of methoxy groups -OCH3 is 1. The van der Waals surface area contributed by atoms with E-state index < -0.39 is 6.04 Å². The van der Waals surface area contributed by atoms with E-state index in [2.05, 4.69) is 5.32 Å². The maximum Gasteiger partial charge on any atom is 0.242 e. The number of ether oxygens (including phenoxy) is 1. The smallest absolute Gasteiger partial charge is 0.242 e. The Bertz CT molecular complexity index is 843. The standard InChI is InChI=1S/C23H29ClN2O3S/c1-16(2)25-23(28)17(3)26(13-19-7-5-6-8-21(19)24)22(27)15-30-14-18-9-11-20(29-4)12-10-18/h5-12,16-17H,13-15H2,1-4H3,(H,25,28)/t17-/m0/s1. The van der Waals surface area contributed by atoms with Gasteiger partial charge in [-0.3, -0.25) is 9.59 Å². The number of carbonyl (C=O) groups excluding carboxylic acids is 2. The minimum absolute atomic E-state index is 0.00154. The Morgan fingerprint density at radius 1 is 1.10 bits per heavy atom. The molecule has 0 aliphatic carbocycles. The second kappa shape index (κ2) is 11.9. The molecule has 0 fully saturated rings. The van der Waals surface area contributed by atoms with E-state index in [0.717, 1.165) is 16.9 Å². The van der Waals surface area contributed by atoms with E-state index in [1.165, 1.54) is 11.8 Å². The van der Waals surface area contributed by atoms with Gasteiger partial charge in [-0.2, -0.15) is 0 Å². The van der Waals surface area contributed by atoms with Crippen molar-refractivity contribution in [2.24, 2.45) is 0 Å². The molecule has 0 radical (unpaired) electrons. The fourth-order valence-electron chi connectivity index (χ4n) is 2.86. The van der Waals surface area contributed by atoms with Crippen LogP contribution >= 0.6 is 23.4 Å². The summed E-state index contributed by atoms with van der Waals surface area (Å²) >= 11 is 7.81. The minimum Gasteiger partial charge on any atom is -0.497 e. The zero-order valence-electron chi connectivity index (χ0n) is 17.9. The monoisotopic (exact) mass is 448 g/mol. The molecule has 162 valence electrons. The molecule has 2 amide bonds. The number of nitrogens with zero attached hydrogens (tertiary/aromatic N) is 1. The summed E-state index contributed by atoms with van der Waals surface area (Å²) in [4.78, 5) is 27.2. The third-order valence-corrected chi connectivity index (χ3v) is 5.91. The summed E-state index contributed by atoms with van der Waals surface area (Å²) in [7, 11) is 1.63. The van der Waals surface area contributed by atoms with E-state index in [0.29, 0.717) is 10.8 Å². The van der Waals surface area contributed by atoms with Crippen molar-refractivity contribution in [2.45, 2.75) is 45.2 Å². The molecule has 0 heterocycles. The zero-order chi connectivity index (χ0) is 22.1. The van der Waals surface area contributed by atoms with Crippen LogP contribution in [0.25, 0.3) is 0 Å². The Morgan fingerprint density at radius 2 is 1.77 bits per heavy atom. The largest absolute Gasteiger partial charge is 0.497 e. The van der Waals surface area contributed by atoms with E-state index in [1.807, 2.05) is 56.3 Å². The van der Waals surface area contributed by atoms with Gasteiger partial charge < -0.3 is 15.0 Å². The van der Waals surface area contributed by atoms with Gasteiger partial charge in [-0.25, -0.2) is 0 Å². The van der Waals surface area contributed by atoms with Crippen LogP contribution in [0.4, 0.5) is 0 Å². The van der Waals surface area contributed by atoms with Gasteiger partial charge >= 0.3 is 0 Å². The highest BCUT2D eigenvalue weighted by Gasteiger charge is 2.26. The number of carbonyl (C=O) groups is 2. The molecule has 5 nitrogen and oxygen atoms in total. The second-order valence-electron chi connectivity index (χ2n) is 7.29. The average Bonchev–Trinajstić information content (AvgIpc) is 2.72. The quantitative estimate of drug-likeness (QED) is 0.580. The molecule has 7 heteroatoms. The van der Waals surface area contributed by atoms with E-state index in [-0.39, 0.29) is 30.2 Å². The third-order valence-electron chi connectivity index (χ3n) is 4.55. The number of halogens is 1. The highest BCUT2D eigenvalue weighted by atomic mass is 35.5. The van der Waals surface area contributed by atoms with Gasteiger partial charge in [0.1, 0.15) is 11.8 Å². The Labute approximate surface area is 188 Å². The SMILES string of the molecule is COc1ccc(CSCC(=O)N(Cc2ccccc2Cl)[C@@H](C)C(=O)NC(C)C)cc1. The Kier molecular flexibility index (Phi) is 9.53. The molecule has 0 aliphatic heterocycles. The van der Waals surface area contributed by atoms with Crippen LogP contribution in [0, 0.1) is 0 Å². The predicted octanol–water partition coefficient (Wildman–Crippen LogP) is 4.52. The van der Waals surface area contributed by atoms with Gasteiger partial charge in [0, 0.05) is 23.4 Å². The highest BCUT2D eigenvalue weighted by molar-refractivity contribution is 7.99. The van der Waals surface area contributed by atoms with Crippen LogP contribution in [0.5, 0.6) is 5.75 Å². The third kappa shape index (κ3) is 7.26. The maximum absolute atomic E-state index is 13.0. The summed E-state index contributed by atoms with van der Waals surface area (Å²) in [6, 6.07) is 14.6. The van der Waals surface area contributed by atoms with Crippen LogP contribution < -0.4 is 10.1 Å². The number of benzene rings is 2. The Balaban J connectivity index is 2.06. The first-order chi connectivity index (χ1) is 14.3. The molecule has 0 saturated carbocycles. The molecular formula is C23H29ClN2O3S. The van der Waals surface area contributed by atoms with E-state index >= 15 is 0 Å². The van der Waals surface area contributed by atoms with Gasteiger partial charge in [-0.1, -0.05) is 41.9 Å². The summed E-state index contributed by atoms with van der Waals surface area (Å²) in [5, 5.41) is 3.47. The van der Waals surface area contributed by atoms with E-state index in [9.17, 15) is 9.59 Å². The highest BCUT2D eigenvalue weighted by Crippen LogP contribution is 2.21. The Hall–Kier alpha value is -2.18. The minimum atomic E-state index is -0.599. The molecule has 0 unspecified atom stereocenters. The lowest BCUT2D eigenvalue weighted by molar-refractivity contribution is -0.138. The van der Waals surface area contributed by atoms with Gasteiger partial charge in [0.15, 0.2) is 0 Å². The average molecular weight is 449 g/mol. The molecule has 0 spiro atoms. The van der Waals surface area contributed by atoms with Crippen LogP contribution in [0.1, 0.15) is 31.9 Å².